The van der Waals surface area contributed by atoms with Crippen LogP contribution in [0.3, 0.4) is 0 Å². The molecule has 0 spiro atoms. The Morgan fingerprint density at radius 2 is 1.68 bits per heavy atom. The molecule has 172 valence electrons. The van der Waals surface area contributed by atoms with Gasteiger partial charge in [-0.15, -0.1) is 10.2 Å². The standard InChI is InChI=1S/C25H22FN5O3/c26-20-5-1-18(2-6-20)16-34-21-7-3-19(4-8-21)24-29-25(33)22(30-31-24)9-10-23(32)28-15-17-11-13-27-14-12-17/h1-8,11-14H,9-10,15-16H2,(H,28,32)(H,29,31,33). The van der Waals surface area contributed by atoms with Gasteiger partial charge in [-0.1, -0.05) is 12.1 Å². The quantitative estimate of drug-likeness (QED) is 0.398. The lowest BCUT2D eigenvalue weighted by molar-refractivity contribution is -0.121. The predicted octanol–water partition coefficient (Wildman–Crippen LogP) is 3.19. The fourth-order valence-corrected chi connectivity index (χ4v) is 3.13. The number of halogens is 1. The smallest absolute Gasteiger partial charge is 0.273 e. The van der Waals surface area contributed by atoms with Gasteiger partial charge >= 0.3 is 0 Å². The van der Waals surface area contributed by atoms with Crippen molar-refractivity contribution < 1.29 is 13.9 Å². The monoisotopic (exact) mass is 459 g/mol. The first kappa shape index (κ1) is 22.8. The molecule has 0 fully saturated rings. The van der Waals surface area contributed by atoms with E-state index in [2.05, 4.69) is 25.5 Å². The second-order valence-corrected chi connectivity index (χ2v) is 7.52. The fraction of sp³-hybridized carbons (Fsp3) is 0.160. The molecule has 2 aromatic carbocycles. The maximum Gasteiger partial charge on any atom is 0.273 e. The third-order valence-electron chi connectivity index (χ3n) is 5.04. The van der Waals surface area contributed by atoms with Crippen LogP contribution in [-0.4, -0.2) is 26.1 Å². The molecule has 0 aliphatic carbocycles. The van der Waals surface area contributed by atoms with Crippen molar-refractivity contribution in [2.24, 2.45) is 0 Å². The second-order valence-electron chi connectivity index (χ2n) is 7.52. The second kappa shape index (κ2) is 11.0. The highest BCUT2D eigenvalue weighted by Gasteiger charge is 2.10. The number of pyridine rings is 1. The molecule has 0 saturated heterocycles. The van der Waals surface area contributed by atoms with E-state index >= 15 is 0 Å². The number of nitrogens with zero attached hydrogens (tertiary/aromatic N) is 3. The number of hydrogen-bond donors (Lipinski definition) is 2. The summed E-state index contributed by atoms with van der Waals surface area (Å²) < 4.78 is 18.7. The lowest BCUT2D eigenvalue weighted by Gasteiger charge is -2.07. The van der Waals surface area contributed by atoms with Crippen LogP contribution < -0.4 is 15.6 Å². The third kappa shape index (κ3) is 6.32. The Kier molecular flexibility index (Phi) is 7.34. The van der Waals surface area contributed by atoms with E-state index in [1.54, 1.807) is 48.8 Å². The van der Waals surface area contributed by atoms with Crippen molar-refractivity contribution in [1.29, 1.82) is 0 Å². The van der Waals surface area contributed by atoms with Gasteiger partial charge in [-0.05, 0) is 59.7 Å². The van der Waals surface area contributed by atoms with Crippen molar-refractivity contribution >= 4 is 5.91 Å². The first-order valence-corrected chi connectivity index (χ1v) is 10.7. The van der Waals surface area contributed by atoms with Gasteiger partial charge in [-0.25, -0.2) is 4.39 Å². The lowest BCUT2D eigenvalue weighted by Crippen LogP contribution is -2.25. The van der Waals surface area contributed by atoms with Gasteiger partial charge in [0.1, 0.15) is 23.9 Å². The van der Waals surface area contributed by atoms with Gasteiger partial charge < -0.3 is 15.0 Å². The molecule has 0 aliphatic rings. The van der Waals surface area contributed by atoms with Crippen LogP contribution in [0.4, 0.5) is 4.39 Å². The molecule has 2 aromatic heterocycles. The Morgan fingerprint density at radius 1 is 0.941 bits per heavy atom. The first-order chi connectivity index (χ1) is 16.6. The number of amides is 1. The minimum Gasteiger partial charge on any atom is -0.489 e. The Bertz CT molecular complexity index is 1290. The molecule has 2 heterocycles. The van der Waals surface area contributed by atoms with Crippen molar-refractivity contribution in [1.82, 2.24) is 25.5 Å². The number of ether oxygens (including phenoxy) is 1. The number of carbonyl (C=O) groups excluding carboxylic acids is 1. The minimum atomic E-state index is -0.386. The van der Waals surface area contributed by atoms with E-state index in [1.165, 1.54) is 12.1 Å². The zero-order chi connectivity index (χ0) is 23.8. The maximum absolute atomic E-state index is 13.0. The summed E-state index contributed by atoms with van der Waals surface area (Å²) in [6, 6.07) is 16.7. The number of rotatable bonds is 9. The van der Waals surface area contributed by atoms with Gasteiger partial charge in [0, 0.05) is 37.3 Å². The van der Waals surface area contributed by atoms with E-state index in [0.29, 0.717) is 30.3 Å². The van der Waals surface area contributed by atoms with Crippen LogP contribution in [0.5, 0.6) is 5.75 Å². The van der Waals surface area contributed by atoms with E-state index < -0.39 is 0 Å². The molecule has 0 unspecified atom stereocenters. The Labute approximate surface area is 194 Å². The van der Waals surface area contributed by atoms with Crippen LogP contribution in [0.1, 0.15) is 23.2 Å². The van der Waals surface area contributed by atoms with Crippen molar-refractivity contribution in [3.05, 3.63) is 106 Å². The number of benzene rings is 2. The zero-order valence-electron chi connectivity index (χ0n) is 18.2. The zero-order valence-corrected chi connectivity index (χ0v) is 18.2. The summed E-state index contributed by atoms with van der Waals surface area (Å²) in [6.45, 7) is 0.701. The fourth-order valence-electron chi connectivity index (χ4n) is 3.13. The lowest BCUT2D eigenvalue weighted by atomic mass is 10.2. The highest BCUT2D eigenvalue weighted by atomic mass is 19.1. The van der Waals surface area contributed by atoms with Crippen molar-refractivity contribution in [3.8, 4) is 17.1 Å². The van der Waals surface area contributed by atoms with Crippen molar-refractivity contribution in [2.45, 2.75) is 26.0 Å². The summed E-state index contributed by atoms with van der Waals surface area (Å²) in [5.41, 5.74) is 2.27. The molecule has 4 rings (SSSR count). The topological polar surface area (TPSA) is 110 Å². The molecule has 0 radical (unpaired) electrons. The molecule has 34 heavy (non-hydrogen) atoms. The van der Waals surface area contributed by atoms with Gasteiger partial charge in [0.15, 0.2) is 5.82 Å². The predicted molar refractivity (Wildman–Crippen MR) is 123 cm³/mol. The normalized spacial score (nSPS) is 10.6. The first-order valence-electron chi connectivity index (χ1n) is 10.7. The summed E-state index contributed by atoms with van der Waals surface area (Å²) >= 11 is 0. The molecule has 1 amide bonds. The molecular formula is C25H22FN5O3. The van der Waals surface area contributed by atoms with Gasteiger partial charge in [-0.2, -0.15) is 0 Å². The number of H-pyrrole nitrogens is 1. The molecule has 2 N–H and O–H groups in total. The van der Waals surface area contributed by atoms with Crippen LogP contribution in [0.2, 0.25) is 0 Å². The van der Waals surface area contributed by atoms with Gasteiger partial charge in [0.25, 0.3) is 5.56 Å². The van der Waals surface area contributed by atoms with Crippen molar-refractivity contribution in [2.75, 3.05) is 0 Å². The maximum atomic E-state index is 13.0. The molecule has 8 nitrogen and oxygen atoms in total. The summed E-state index contributed by atoms with van der Waals surface area (Å²) in [5, 5.41) is 10.9. The summed E-state index contributed by atoms with van der Waals surface area (Å²) in [4.78, 5) is 31.1. The van der Waals surface area contributed by atoms with Crippen LogP contribution in [0.15, 0.2) is 77.9 Å². The highest BCUT2D eigenvalue weighted by molar-refractivity contribution is 5.76. The molecule has 0 aliphatic heterocycles. The number of aromatic amines is 1. The number of carbonyl (C=O) groups is 1. The van der Waals surface area contributed by atoms with Gasteiger partial charge in [0.05, 0.1) is 0 Å². The third-order valence-corrected chi connectivity index (χ3v) is 5.04. The van der Waals surface area contributed by atoms with Gasteiger partial charge in [-0.3, -0.25) is 14.6 Å². The van der Waals surface area contributed by atoms with Gasteiger partial charge in [0.2, 0.25) is 5.91 Å². The van der Waals surface area contributed by atoms with Crippen LogP contribution in [-0.2, 0) is 24.4 Å². The Balaban J connectivity index is 1.30. The van der Waals surface area contributed by atoms with E-state index in [1.807, 2.05) is 12.1 Å². The molecular weight excluding hydrogens is 437 g/mol. The number of aromatic nitrogens is 4. The highest BCUT2D eigenvalue weighted by Crippen LogP contribution is 2.19. The molecule has 0 saturated carbocycles. The summed E-state index contributed by atoms with van der Waals surface area (Å²) in [7, 11) is 0. The van der Waals surface area contributed by atoms with E-state index in [4.69, 9.17) is 4.74 Å². The Hall–Kier alpha value is -4.40. The van der Waals surface area contributed by atoms with Crippen LogP contribution in [0, 0.1) is 5.82 Å². The molecule has 0 atom stereocenters. The van der Waals surface area contributed by atoms with Crippen LogP contribution in [0.25, 0.3) is 11.4 Å². The van der Waals surface area contributed by atoms with E-state index in [-0.39, 0.29) is 35.8 Å². The number of hydrogen-bond acceptors (Lipinski definition) is 6. The molecule has 9 heteroatoms. The molecule has 0 bridgehead atoms. The largest absolute Gasteiger partial charge is 0.489 e. The minimum absolute atomic E-state index is 0.127. The SMILES string of the molecule is O=C(CCc1nnc(-c2ccc(OCc3ccc(F)cc3)cc2)[nH]c1=O)NCc1ccncc1. The Morgan fingerprint density at radius 3 is 2.38 bits per heavy atom. The van der Waals surface area contributed by atoms with E-state index in [9.17, 15) is 14.0 Å². The van der Waals surface area contributed by atoms with Crippen LogP contribution >= 0.6 is 0 Å². The number of nitrogens with one attached hydrogen (secondary N) is 2. The molecule has 4 aromatic rings. The average molecular weight is 459 g/mol. The van der Waals surface area contributed by atoms with Crippen molar-refractivity contribution in [3.63, 3.8) is 0 Å². The number of aryl methyl sites for hydroxylation is 1. The van der Waals surface area contributed by atoms with E-state index in [0.717, 1.165) is 11.1 Å². The summed E-state index contributed by atoms with van der Waals surface area (Å²) in [5.74, 6) is 0.468. The average Bonchev–Trinajstić information content (AvgIpc) is 2.87. The summed E-state index contributed by atoms with van der Waals surface area (Å²) in [6.07, 6.45) is 3.63.